The molecule has 1 saturated carbocycles. The summed E-state index contributed by atoms with van der Waals surface area (Å²) in [6, 6.07) is 10.4. The van der Waals surface area contributed by atoms with E-state index in [9.17, 15) is 0 Å². The van der Waals surface area contributed by atoms with Crippen molar-refractivity contribution in [2.45, 2.75) is 52.1 Å². The lowest BCUT2D eigenvalue weighted by atomic mass is 10.1. The molecule has 2 rings (SSSR count). The fourth-order valence-corrected chi connectivity index (χ4v) is 2.56. The average Bonchev–Trinajstić information content (AvgIpc) is 3.22. The van der Waals surface area contributed by atoms with Gasteiger partial charge < -0.3 is 4.74 Å². The van der Waals surface area contributed by atoms with Crippen molar-refractivity contribution in [1.29, 1.82) is 0 Å². The van der Waals surface area contributed by atoms with Gasteiger partial charge in [0.25, 0.3) is 0 Å². The van der Waals surface area contributed by atoms with Crippen LogP contribution in [0.2, 0.25) is 0 Å². The van der Waals surface area contributed by atoms with Crippen LogP contribution in [0.1, 0.15) is 51.0 Å². The molecule has 1 aliphatic carbocycles. The van der Waals surface area contributed by atoms with Gasteiger partial charge in [0, 0.05) is 0 Å². The molecule has 1 aliphatic rings. The predicted octanol–water partition coefficient (Wildman–Crippen LogP) is 5.37. The number of hydrogen-bond acceptors (Lipinski definition) is 1. The Morgan fingerprint density at radius 3 is 2.80 bits per heavy atom. The second-order valence-corrected chi connectivity index (χ2v) is 5.94. The van der Waals surface area contributed by atoms with Gasteiger partial charge in [-0.25, -0.2) is 0 Å². The Morgan fingerprint density at radius 2 is 2.00 bits per heavy atom. The van der Waals surface area contributed by atoms with Gasteiger partial charge in [0.2, 0.25) is 0 Å². The zero-order valence-electron chi connectivity index (χ0n) is 12.8. The Morgan fingerprint density at radius 1 is 1.15 bits per heavy atom. The summed E-state index contributed by atoms with van der Waals surface area (Å²) in [5, 5.41) is 0. The summed E-state index contributed by atoms with van der Waals surface area (Å²) in [7, 11) is 0. The van der Waals surface area contributed by atoms with Crippen LogP contribution >= 0.6 is 0 Å². The van der Waals surface area contributed by atoms with Gasteiger partial charge in [-0.3, -0.25) is 0 Å². The number of ether oxygens (including phenoxy) is 1. The third-order valence-corrected chi connectivity index (χ3v) is 4.03. The molecule has 1 aromatic rings. The van der Waals surface area contributed by atoms with Crippen LogP contribution in [0.15, 0.2) is 42.5 Å². The van der Waals surface area contributed by atoms with E-state index >= 15 is 0 Å². The lowest BCUT2D eigenvalue weighted by Crippen LogP contribution is -1.98. The molecule has 110 valence electrons. The summed E-state index contributed by atoms with van der Waals surface area (Å²) in [5.74, 6) is 1.56. The maximum absolute atomic E-state index is 5.80. The van der Waals surface area contributed by atoms with Crippen molar-refractivity contribution in [1.82, 2.24) is 0 Å². The van der Waals surface area contributed by atoms with Crippen LogP contribution in [0.5, 0.6) is 0 Å². The van der Waals surface area contributed by atoms with Crippen LogP contribution < -0.4 is 0 Å². The molecule has 0 aliphatic heterocycles. The molecule has 1 fully saturated rings. The summed E-state index contributed by atoms with van der Waals surface area (Å²) in [6.07, 6.45) is 12.8. The zero-order valence-corrected chi connectivity index (χ0v) is 12.8. The smallest absolute Gasteiger partial charge is 0.0717 e. The second-order valence-electron chi connectivity index (χ2n) is 5.94. The third kappa shape index (κ3) is 5.92. The lowest BCUT2D eigenvalue weighted by Gasteiger charge is -2.03. The van der Waals surface area contributed by atoms with E-state index in [0.717, 1.165) is 25.0 Å². The molecule has 1 heteroatoms. The summed E-state index contributed by atoms with van der Waals surface area (Å²) >= 11 is 0. The van der Waals surface area contributed by atoms with Gasteiger partial charge in [0.15, 0.2) is 0 Å². The number of unbranched alkanes of at least 4 members (excludes halogenated alkanes) is 4. The van der Waals surface area contributed by atoms with Crippen molar-refractivity contribution < 1.29 is 4.74 Å². The van der Waals surface area contributed by atoms with Crippen molar-refractivity contribution in [3.05, 3.63) is 48.0 Å². The van der Waals surface area contributed by atoms with Crippen molar-refractivity contribution in [2.75, 3.05) is 6.61 Å². The van der Waals surface area contributed by atoms with E-state index in [1.807, 2.05) is 6.07 Å². The molecule has 1 nitrogen and oxygen atoms in total. The minimum atomic E-state index is 0.755. The van der Waals surface area contributed by atoms with E-state index in [0.29, 0.717) is 0 Å². The highest BCUT2D eigenvalue weighted by Gasteiger charge is 2.34. The van der Waals surface area contributed by atoms with Gasteiger partial charge in [-0.05, 0) is 36.7 Å². The van der Waals surface area contributed by atoms with Crippen LogP contribution in [0.4, 0.5) is 0 Å². The first-order chi connectivity index (χ1) is 9.90. The van der Waals surface area contributed by atoms with Gasteiger partial charge in [0.05, 0.1) is 13.2 Å². The van der Waals surface area contributed by atoms with Gasteiger partial charge >= 0.3 is 0 Å². The van der Waals surface area contributed by atoms with Crippen molar-refractivity contribution >= 4 is 0 Å². The molecule has 0 radical (unpaired) electrons. The summed E-state index contributed by atoms with van der Waals surface area (Å²) in [5.41, 5.74) is 1.27. The average molecular weight is 272 g/mol. The fraction of sp³-hybridized carbons (Fsp3) is 0.579. The molecule has 0 N–H and O–H groups in total. The molecule has 0 amide bonds. The summed E-state index contributed by atoms with van der Waals surface area (Å²) in [6.45, 7) is 3.94. The predicted molar refractivity (Wildman–Crippen MR) is 85.6 cm³/mol. The van der Waals surface area contributed by atoms with E-state index < -0.39 is 0 Å². The molecule has 0 saturated heterocycles. The van der Waals surface area contributed by atoms with Crippen LogP contribution in [0, 0.1) is 11.8 Å². The molecule has 20 heavy (non-hydrogen) atoms. The molecule has 1 aromatic carbocycles. The molecule has 0 spiro atoms. The largest absolute Gasteiger partial charge is 0.376 e. The van der Waals surface area contributed by atoms with E-state index in [4.69, 9.17) is 4.74 Å². The fourth-order valence-electron chi connectivity index (χ4n) is 2.56. The topological polar surface area (TPSA) is 9.23 Å². The van der Waals surface area contributed by atoms with Crippen LogP contribution in [-0.4, -0.2) is 6.61 Å². The molecule has 0 unspecified atom stereocenters. The van der Waals surface area contributed by atoms with Crippen LogP contribution in [0.25, 0.3) is 0 Å². The van der Waals surface area contributed by atoms with Crippen molar-refractivity contribution in [2.24, 2.45) is 11.8 Å². The molecular weight excluding hydrogens is 244 g/mol. The quantitative estimate of drug-likeness (QED) is 0.411. The van der Waals surface area contributed by atoms with E-state index in [1.165, 1.54) is 44.1 Å². The van der Waals surface area contributed by atoms with Gasteiger partial charge in [-0.1, -0.05) is 68.7 Å². The van der Waals surface area contributed by atoms with Crippen molar-refractivity contribution in [3.8, 4) is 0 Å². The lowest BCUT2D eigenvalue weighted by molar-refractivity contribution is 0.109. The van der Waals surface area contributed by atoms with E-state index in [1.54, 1.807) is 0 Å². The first kappa shape index (κ1) is 15.3. The van der Waals surface area contributed by atoms with Gasteiger partial charge in [-0.15, -0.1) is 0 Å². The Balaban J connectivity index is 1.49. The highest BCUT2D eigenvalue weighted by Crippen LogP contribution is 2.40. The first-order valence-electron chi connectivity index (χ1n) is 8.18. The SMILES string of the molecule is CCCCCC/C=C/[C@H]1C[C@@H]1COCc1ccccc1. The minimum Gasteiger partial charge on any atom is -0.376 e. The Kier molecular flexibility index (Phi) is 6.86. The molecule has 0 aromatic heterocycles. The van der Waals surface area contributed by atoms with Crippen LogP contribution in [-0.2, 0) is 11.3 Å². The number of rotatable bonds is 10. The van der Waals surface area contributed by atoms with Crippen molar-refractivity contribution in [3.63, 3.8) is 0 Å². The standard InChI is InChI=1S/C19H28O/c1-2-3-4-5-6-10-13-18-14-19(18)16-20-15-17-11-8-7-9-12-17/h7-13,18-19H,2-6,14-16H2,1H3/b13-10+/t18-,19+/m0/s1. The minimum absolute atomic E-state index is 0.755. The Labute approximate surface area is 124 Å². The first-order valence-corrected chi connectivity index (χ1v) is 8.18. The van der Waals surface area contributed by atoms with Crippen LogP contribution in [0.3, 0.4) is 0 Å². The number of hydrogen-bond donors (Lipinski definition) is 0. The van der Waals surface area contributed by atoms with Gasteiger partial charge in [0.1, 0.15) is 0 Å². The van der Waals surface area contributed by atoms with E-state index in [-0.39, 0.29) is 0 Å². The number of benzene rings is 1. The molecular formula is C19H28O. The number of allylic oxidation sites excluding steroid dienone is 2. The van der Waals surface area contributed by atoms with Gasteiger partial charge in [-0.2, -0.15) is 0 Å². The molecule has 2 atom stereocenters. The highest BCUT2D eigenvalue weighted by atomic mass is 16.5. The maximum atomic E-state index is 5.80. The second kappa shape index (κ2) is 8.97. The summed E-state index contributed by atoms with van der Waals surface area (Å²) < 4.78 is 5.80. The Hall–Kier alpha value is -1.08. The Bertz CT molecular complexity index is 382. The maximum Gasteiger partial charge on any atom is 0.0717 e. The molecule has 0 heterocycles. The summed E-state index contributed by atoms with van der Waals surface area (Å²) in [4.78, 5) is 0. The third-order valence-electron chi connectivity index (χ3n) is 4.03. The zero-order chi connectivity index (χ0) is 14.0. The normalized spacial score (nSPS) is 21.4. The molecule has 0 bridgehead atoms. The van der Waals surface area contributed by atoms with E-state index in [2.05, 4.69) is 43.3 Å². The monoisotopic (exact) mass is 272 g/mol. The highest BCUT2D eigenvalue weighted by molar-refractivity contribution is 5.13.